The van der Waals surface area contributed by atoms with E-state index >= 15 is 0 Å². The van der Waals surface area contributed by atoms with Crippen molar-refractivity contribution in [1.29, 1.82) is 0 Å². The van der Waals surface area contributed by atoms with Gasteiger partial charge in [-0.2, -0.15) is 0 Å². The van der Waals surface area contributed by atoms with Gasteiger partial charge in [0.15, 0.2) is 0 Å². The summed E-state index contributed by atoms with van der Waals surface area (Å²) >= 11 is 0. The number of carbonyl (C=O) groups is 2. The standard InChI is InChI=1S/C40H80N4O2/c1-4-6-8-10-12-14-16-17-19-21-23-25-31-41-39(45)29-34-43-32-26-27-33-44(37-36-43)35-30-40(46)42-38(3)28-24-22-20-18-15-13-11-9-7-5-2/h38H,4-37H2,1-3H3,(H,41,45)(H,42,46). The Hall–Kier alpha value is -1.14. The van der Waals surface area contributed by atoms with Crippen LogP contribution < -0.4 is 10.6 Å². The topological polar surface area (TPSA) is 64.7 Å². The minimum atomic E-state index is 0.198. The van der Waals surface area contributed by atoms with Crippen LogP contribution in [0.15, 0.2) is 0 Å². The predicted molar refractivity (Wildman–Crippen MR) is 200 cm³/mol. The van der Waals surface area contributed by atoms with Crippen LogP contribution in [-0.4, -0.2) is 73.5 Å². The quantitative estimate of drug-likeness (QED) is 0.0735. The van der Waals surface area contributed by atoms with E-state index in [-0.39, 0.29) is 17.9 Å². The number of rotatable bonds is 31. The fourth-order valence-corrected chi connectivity index (χ4v) is 6.78. The molecule has 1 unspecified atom stereocenters. The fourth-order valence-electron chi connectivity index (χ4n) is 6.78. The van der Waals surface area contributed by atoms with Crippen LogP contribution in [0.5, 0.6) is 0 Å². The molecule has 2 N–H and O–H groups in total. The molecule has 1 aliphatic heterocycles. The van der Waals surface area contributed by atoms with Gasteiger partial charge in [-0.1, -0.05) is 149 Å². The summed E-state index contributed by atoms with van der Waals surface area (Å²) in [4.78, 5) is 30.0. The number of carbonyl (C=O) groups excluding carboxylic acids is 2. The number of nitrogens with one attached hydrogen (secondary N) is 2. The van der Waals surface area contributed by atoms with Gasteiger partial charge >= 0.3 is 0 Å². The van der Waals surface area contributed by atoms with Crippen molar-refractivity contribution in [2.24, 2.45) is 0 Å². The van der Waals surface area contributed by atoms with Crippen LogP contribution in [0.2, 0.25) is 0 Å². The Morgan fingerprint density at radius 3 is 1.37 bits per heavy atom. The monoisotopic (exact) mass is 649 g/mol. The fraction of sp³-hybridized carbons (Fsp3) is 0.950. The minimum absolute atomic E-state index is 0.198. The molecule has 1 saturated heterocycles. The average molecular weight is 649 g/mol. The van der Waals surface area contributed by atoms with Gasteiger partial charge in [0.05, 0.1) is 0 Å². The van der Waals surface area contributed by atoms with Crippen molar-refractivity contribution in [1.82, 2.24) is 20.4 Å². The summed E-state index contributed by atoms with van der Waals surface area (Å²) in [5, 5.41) is 6.40. The van der Waals surface area contributed by atoms with Crippen LogP contribution in [0.1, 0.15) is 194 Å². The lowest BCUT2D eigenvalue weighted by molar-refractivity contribution is -0.122. The van der Waals surface area contributed by atoms with Gasteiger partial charge in [0.2, 0.25) is 11.8 Å². The average Bonchev–Trinajstić information content (AvgIpc) is 3.03. The maximum atomic E-state index is 12.6. The maximum Gasteiger partial charge on any atom is 0.221 e. The highest BCUT2D eigenvalue weighted by Gasteiger charge is 2.16. The Kier molecular flexibility index (Phi) is 30.2. The zero-order valence-electron chi connectivity index (χ0n) is 31.3. The molecule has 0 spiro atoms. The molecule has 1 aliphatic rings. The highest BCUT2D eigenvalue weighted by molar-refractivity contribution is 5.76. The predicted octanol–water partition coefficient (Wildman–Crippen LogP) is 9.80. The van der Waals surface area contributed by atoms with Crippen molar-refractivity contribution in [3.8, 4) is 0 Å². The first-order valence-electron chi connectivity index (χ1n) is 20.6. The second-order valence-corrected chi connectivity index (χ2v) is 14.6. The van der Waals surface area contributed by atoms with Crippen LogP contribution in [0.25, 0.3) is 0 Å². The van der Waals surface area contributed by atoms with Gasteiger partial charge < -0.3 is 20.4 Å². The Morgan fingerprint density at radius 2 is 0.913 bits per heavy atom. The van der Waals surface area contributed by atoms with E-state index in [9.17, 15) is 9.59 Å². The molecule has 0 saturated carbocycles. The van der Waals surface area contributed by atoms with Crippen LogP contribution in [0, 0.1) is 0 Å². The van der Waals surface area contributed by atoms with E-state index < -0.39 is 0 Å². The van der Waals surface area contributed by atoms with Gasteiger partial charge in [-0.3, -0.25) is 9.59 Å². The van der Waals surface area contributed by atoms with E-state index in [0.717, 1.165) is 58.7 Å². The van der Waals surface area contributed by atoms with Crippen LogP contribution in [-0.2, 0) is 9.59 Å². The van der Waals surface area contributed by atoms with Crippen LogP contribution in [0.3, 0.4) is 0 Å². The molecule has 0 bridgehead atoms. The first kappa shape index (κ1) is 42.9. The van der Waals surface area contributed by atoms with E-state index in [1.807, 2.05) is 0 Å². The lowest BCUT2D eigenvalue weighted by Gasteiger charge is -2.30. The number of nitrogens with zero attached hydrogens (tertiary/aromatic N) is 2. The molecule has 1 rings (SSSR count). The third-order valence-corrected chi connectivity index (χ3v) is 9.99. The summed E-state index contributed by atoms with van der Waals surface area (Å²) in [6, 6.07) is 0.273. The highest BCUT2D eigenvalue weighted by atomic mass is 16.2. The van der Waals surface area contributed by atoms with Gasteiger partial charge in [0, 0.05) is 51.6 Å². The van der Waals surface area contributed by atoms with Crippen LogP contribution >= 0.6 is 0 Å². The summed E-state index contributed by atoms with van der Waals surface area (Å²) in [5.41, 5.74) is 0. The van der Waals surface area contributed by atoms with Crippen molar-refractivity contribution < 1.29 is 9.59 Å². The molecular formula is C40H80N4O2. The second-order valence-electron chi connectivity index (χ2n) is 14.6. The zero-order chi connectivity index (χ0) is 33.3. The maximum absolute atomic E-state index is 12.6. The summed E-state index contributed by atoms with van der Waals surface area (Å²) in [7, 11) is 0. The molecule has 0 aliphatic carbocycles. The van der Waals surface area contributed by atoms with Gasteiger partial charge in [0.1, 0.15) is 0 Å². The minimum Gasteiger partial charge on any atom is -0.356 e. The number of hydrogen-bond acceptors (Lipinski definition) is 4. The van der Waals surface area contributed by atoms with E-state index in [1.165, 1.54) is 148 Å². The summed E-state index contributed by atoms with van der Waals surface area (Å²) in [5.74, 6) is 0.397. The SMILES string of the molecule is CCCCCCCCCCCCCCNC(=O)CCN1CCCCN(CCC(=O)NC(C)CCCCCCCCCCCC)CC1. The van der Waals surface area contributed by atoms with E-state index in [1.54, 1.807) is 0 Å². The first-order chi connectivity index (χ1) is 22.5. The molecule has 0 aromatic heterocycles. The number of amides is 2. The molecule has 272 valence electrons. The highest BCUT2D eigenvalue weighted by Crippen LogP contribution is 2.13. The molecular weight excluding hydrogens is 568 g/mol. The normalized spacial score (nSPS) is 15.4. The lowest BCUT2D eigenvalue weighted by Crippen LogP contribution is -2.42. The summed E-state index contributed by atoms with van der Waals surface area (Å²) < 4.78 is 0. The summed E-state index contributed by atoms with van der Waals surface area (Å²) in [6.45, 7) is 13.4. The zero-order valence-corrected chi connectivity index (χ0v) is 31.3. The van der Waals surface area contributed by atoms with Crippen LogP contribution in [0.4, 0.5) is 0 Å². The molecule has 1 atom stereocenters. The molecule has 6 nitrogen and oxygen atoms in total. The molecule has 6 heteroatoms. The van der Waals surface area contributed by atoms with Gasteiger partial charge in [-0.25, -0.2) is 0 Å². The molecule has 1 heterocycles. The molecule has 0 radical (unpaired) electrons. The second kappa shape index (κ2) is 32.4. The largest absolute Gasteiger partial charge is 0.356 e. The van der Waals surface area contributed by atoms with E-state index in [4.69, 9.17) is 0 Å². The number of hydrogen-bond donors (Lipinski definition) is 2. The summed E-state index contributed by atoms with van der Waals surface area (Å²) in [6.07, 6.45) is 34.3. The van der Waals surface area contributed by atoms with Crippen molar-refractivity contribution in [3.05, 3.63) is 0 Å². The Morgan fingerprint density at radius 1 is 0.522 bits per heavy atom. The van der Waals surface area contributed by atoms with E-state index in [2.05, 4.69) is 41.2 Å². The third kappa shape index (κ3) is 27.9. The van der Waals surface area contributed by atoms with Crippen molar-refractivity contribution in [2.75, 3.05) is 45.8 Å². The van der Waals surface area contributed by atoms with E-state index in [0.29, 0.717) is 12.8 Å². The van der Waals surface area contributed by atoms with Gasteiger partial charge in [0.25, 0.3) is 0 Å². The molecule has 1 fully saturated rings. The van der Waals surface area contributed by atoms with Crippen molar-refractivity contribution in [2.45, 2.75) is 200 Å². The Bertz CT molecular complexity index is 688. The molecule has 46 heavy (non-hydrogen) atoms. The smallest absolute Gasteiger partial charge is 0.221 e. The van der Waals surface area contributed by atoms with Gasteiger partial charge in [-0.05, 0) is 45.7 Å². The van der Waals surface area contributed by atoms with Crippen molar-refractivity contribution in [3.63, 3.8) is 0 Å². The first-order valence-corrected chi connectivity index (χ1v) is 20.6. The third-order valence-electron chi connectivity index (χ3n) is 9.99. The Labute approximate surface area is 287 Å². The molecule has 2 amide bonds. The molecule has 0 aromatic rings. The molecule has 0 aromatic carbocycles. The van der Waals surface area contributed by atoms with Crippen molar-refractivity contribution >= 4 is 11.8 Å². The lowest BCUT2D eigenvalue weighted by atomic mass is 10.0. The Balaban J connectivity index is 2.02. The number of unbranched alkanes of at least 4 members (excludes halogenated alkanes) is 20. The van der Waals surface area contributed by atoms with Gasteiger partial charge in [-0.15, -0.1) is 0 Å².